The molecular formula is C26H16O4S. The molecule has 0 aliphatic rings. The minimum Gasteiger partial charge on any atom is -0.465 e. The second kappa shape index (κ2) is 9.99. The van der Waals surface area contributed by atoms with Crippen LogP contribution in [0, 0.1) is 36.0 Å². The van der Waals surface area contributed by atoms with Gasteiger partial charge in [-0.05, 0) is 47.8 Å². The molecule has 1 aromatic heterocycles. The van der Waals surface area contributed by atoms with Crippen LogP contribution in [0.3, 0.4) is 0 Å². The summed E-state index contributed by atoms with van der Waals surface area (Å²) in [6.45, 7) is 0. The summed E-state index contributed by atoms with van der Waals surface area (Å²) in [5.74, 6) is 13.4. The lowest BCUT2D eigenvalue weighted by Gasteiger charge is -2.04. The quantitative estimate of drug-likeness (QED) is 0.459. The number of ether oxygens (including phenoxy) is 2. The molecule has 0 aliphatic heterocycles. The lowest BCUT2D eigenvalue weighted by Crippen LogP contribution is -2.05. The number of terminal acetylenes is 1. The molecule has 150 valence electrons. The van der Waals surface area contributed by atoms with E-state index in [0.717, 1.165) is 4.88 Å². The summed E-state index contributed by atoms with van der Waals surface area (Å²) in [4.78, 5) is 25.2. The number of methoxy groups -OCH3 is 2. The largest absolute Gasteiger partial charge is 0.465 e. The number of esters is 2. The van der Waals surface area contributed by atoms with Crippen LogP contribution in [0.5, 0.6) is 0 Å². The summed E-state index contributed by atoms with van der Waals surface area (Å²) in [6.07, 6.45) is 5.41. The first-order valence-corrected chi connectivity index (χ1v) is 9.92. The molecule has 3 aromatic rings. The van der Waals surface area contributed by atoms with Gasteiger partial charge in [-0.1, -0.05) is 35.7 Å². The Kier molecular flexibility index (Phi) is 6.92. The maximum atomic E-state index is 12.3. The van der Waals surface area contributed by atoms with Crippen LogP contribution >= 0.6 is 11.3 Å². The molecule has 0 spiro atoms. The fourth-order valence-electron chi connectivity index (χ4n) is 2.65. The predicted octanol–water partition coefficient (Wildman–Crippen LogP) is 4.10. The van der Waals surface area contributed by atoms with E-state index in [1.165, 1.54) is 25.6 Å². The van der Waals surface area contributed by atoms with Crippen LogP contribution < -0.4 is 0 Å². The van der Waals surface area contributed by atoms with E-state index in [1.807, 2.05) is 17.5 Å². The van der Waals surface area contributed by atoms with Gasteiger partial charge in [0, 0.05) is 22.3 Å². The summed E-state index contributed by atoms with van der Waals surface area (Å²) < 4.78 is 9.71. The Balaban J connectivity index is 2.01. The summed E-state index contributed by atoms with van der Waals surface area (Å²) >= 11 is 1.52. The molecule has 3 rings (SSSR count). The van der Waals surface area contributed by atoms with E-state index >= 15 is 0 Å². The van der Waals surface area contributed by atoms with Crippen molar-refractivity contribution in [1.82, 2.24) is 0 Å². The standard InChI is InChI=1S/C26H16O4S/c1-4-18-7-10-20(23(16-18)25(27)29-2)11-8-19-9-12-21(24(17-19)26(28)30-3)13-14-22-6-5-15-31-22/h1,5-7,9-10,12,15-17H,2-3H3. The van der Waals surface area contributed by atoms with E-state index in [0.29, 0.717) is 27.8 Å². The Morgan fingerprint density at radius 1 is 0.806 bits per heavy atom. The van der Waals surface area contributed by atoms with Crippen molar-refractivity contribution >= 4 is 23.3 Å². The van der Waals surface area contributed by atoms with Crippen molar-refractivity contribution in [2.45, 2.75) is 0 Å². The average molecular weight is 424 g/mol. The smallest absolute Gasteiger partial charge is 0.339 e. The van der Waals surface area contributed by atoms with Crippen molar-refractivity contribution in [3.8, 4) is 36.0 Å². The lowest BCUT2D eigenvalue weighted by molar-refractivity contribution is 0.0591. The third-order valence-corrected chi connectivity index (χ3v) is 4.98. The lowest BCUT2D eigenvalue weighted by atomic mass is 10.0. The zero-order chi connectivity index (χ0) is 22.2. The monoisotopic (exact) mass is 424 g/mol. The van der Waals surface area contributed by atoms with Gasteiger partial charge < -0.3 is 9.47 Å². The van der Waals surface area contributed by atoms with E-state index in [4.69, 9.17) is 15.9 Å². The van der Waals surface area contributed by atoms with Gasteiger partial charge in [0.1, 0.15) is 0 Å². The molecular weight excluding hydrogens is 408 g/mol. The Labute approximate surface area is 184 Å². The van der Waals surface area contributed by atoms with Crippen LogP contribution in [0.25, 0.3) is 0 Å². The zero-order valence-corrected chi connectivity index (χ0v) is 17.6. The molecule has 0 bridgehead atoms. The van der Waals surface area contributed by atoms with Crippen molar-refractivity contribution in [2.75, 3.05) is 14.2 Å². The van der Waals surface area contributed by atoms with Gasteiger partial charge in [-0.15, -0.1) is 17.8 Å². The third-order valence-electron chi connectivity index (χ3n) is 4.20. The van der Waals surface area contributed by atoms with Crippen molar-refractivity contribution in [3.05, 3.63) is 92.2 Å². The molecule has 0 radical (unpaired) electrons. The molecule has 0 saturated heterocycles. The molecule has 0 saturated carbocycles. The second-order valence-electron chi connectivity index (χ2n) is 6.13. The molecule has 1 heterocycles. The van der Waals surface area contributed by atoms with Crippen LogP contribution in [0.4, 0.5) is 0 Å². The number of hydrogen-bond acceptors (Lipinski definition) is 5. The number of benzene rings is 2. The Bertz CT molecular complexity index is 1300. The minimum atomic E-state index is -0.532. The summed E-state index contributed by atoms with van der Waals surface area (Å²) in [5.41, 5.74) is 2.71. The average Bonchev–Trinajstić information content (AvgIpc) is 3.34. The van der Waals surface area contributed by atoms with Gasteiger partial charge in [0.15, 0.2) is 0 Å². The molecule has 0 aliphatic carbocycles. The Hall–Kier alpha value is -4.24. The summed E-state index contributed by atoms with van der Waals surface area (Å²) in [7, 11) is 2.60. The maximum absolute atomic E-state index is 12.3. The van der Waals surface area contributed by atoms with Crippen molar-refractivity contribution in [1.29, 1.82) is 0 Å². The van der Waals surface area contributed by atoms with Crippen LogP contribution in [-0.2, 0) is 9.47 Å². The fourth-order valence-corrected chi connectivity index (χ4v) is 3.22. The number of hydrogen-bond donors (Lipinski definition) is 0. The van der Waals surface area contributed by atoms with Crippen molar-refractivity contribution in [2.24, 2.45) is 0 Å². The number of carbonyl (C=O) groups excluding carboxylic acids is 2. The molecule has 0 unspecified atom stereocenters. The first-order chi connectivity index (χ1) is 15.0. The molecule has 0 N–H and O–H groups in total. The zero-order valence-electron chi connectivity index (χ0n) is 16.8. The normalized spacial score (nSPS) is 9.32. The van der Waals surface area contributed by atoms with Crippen LogP contribution in [0.2, 0.25) is 0 Å². The minimum absolute atomic E-state index is 0.275. The topological polar surface area (TPSA) is 52.6 Å². The molecule has 5 heteroatoms. The highest BCUT2D eigenvalue weighted by Gasteiger charge is 2.13. The highest BCUT2D eigenvalue weighted by molar-refractivity contribution is 7.10. The highest BCUT2D eigenvalue weighted by atomic mass is 32.1. The van der Waals surface area contributed by atoms with Gasteiger partial charge in [0.25, 0.3) is 0 Å². The van der Waals surface area contributed by atoms with Crippen molar-refractivity contribution in [3.63, 3.8) is 0 Å². The Morgan fingerprint density at radius 3 is 1.94 bits per heavy atom. The fraction of sp³-hybridized carbons (Fsp3) is 0.0769. The first kappa shape index (κ1) is 21.5. The highest BCUT2D eigenvalue weighted by Crippen LogP contribution is 2.15. The molecule has 0 atom stereocenters. The van der Waals surface area contributed by atoms with E-state index in [-0.39, 0.29) is 5.56 Å². The predicted molar refractivity (Wildman–Crippen MR) is 120 cm³/mol. The number of carbonyl (C=O) groups is 2. The van der Waals surface area contributed by atoms with Gasteiger partial charge in [-0.25, -0.2) is 9.59 Å². The van der Waals surface area contributed by atoms with Gasteiger partial charge >= 0.3 is 11.9 Å². The van der Waals surface area contributed by atoms with E-state index in [1.54, 1.807) is 36.4 Å². The van der Waals surface area contributed by atoms with Gasteiger partial charge in [-0.2, -0.15) is 0 Å². The molecule has 0 fully saturated rings. The van der Waals surface area contributed by atoms with Crippen LogP contribution in [0.1, 0.15) is 47.8 Å². The molecule has 0 amide bonds. The molecule has 4 nitrogen and oxygen atoms in total. The SMILES string of the molecule is C#Cc1ccc(C#Cc2ccc(C#Cc3cccs3)c(C(=O)OC)c2)c(C(=O)OC)c1. The molecule has 31 heavy (non-hydrogen) atoms. The van der Waals surface area contributed by atoms with E-state index < -0.39 is 11.9 Å². The number of thiophene rings is 1. The first-order valence-electron chi connectivity index (χ1n) is 9.04. The van der Waals surface area contributed by atoms with Gasteiger partial charge in [0.05, 0.1) is 30.2 Å². The summed E-state index contributed by atoms with van der Waals surface area (Å²) in [6, 6.07) is 13.8. The Morgan fingerprint density at radius 2 is 1.39 bits per heavy atom. The van der Waals surface area contributed by atoms with E-state index in [2.05, 4.69) is 29.6 Å². The number of rotatable bonds is 2. The van der Waals surface area contributed by atoms with Crippen molar-refractivity contribution < 1.29 is 19.1 Å². The third kappa shape index (κ3) is 5.22. The van der Waals surface area contributed by atoms with Gasteiger partial charge in [0.2, 0.25) is 0 Å². The summed E-state index contributed by atoms with van der Waals surface area (Å²) in [5, 5.41) is 1.93. The van der Waals surface area contributed by atoms with Gasteiger partial charge in [-0.3, -0.25) is 0 Å². The second-order valence-corrected chi connectivity index (χ2v) is 7.07. The van der Waals surface area contributed by atoms with Crippen LogP contribution in [0.15, 0.2) is 53.9 Å². The maximum Gasteiger partial charge on any atom is 0.339 e. The van der Waals surface area contributed by atoms with Crippen LogP contribution in [-0.4, -0.2) is 26.2 Å². The van der Waals surface area contributed by atoms with E-state index in [9.17, 15) is 9.59 Å². The molecule has 2 aromatic carbocycles.